The van der Waals surface area contributed by atoms with E-state index in [0.717, 1.165) is 23.7 Å². The van der Waals surface area contributed by atoms with Crippen molar-refractivity contribution in [3.8, 4) is 0 Å². The summed E-state index contributed by atoms with van der Waals surface area (Å²) in [6, 6.07) is 0. The van der Waals surface area contributed by atoms with Gasteiger partial charge in [0.1, 0.15) is 0 Å². The lowest BCUT2D eigenvalue weighted by atomic mass is 9.75. The molecule has 2 rings (SSSR count). The summed E-state index contributed by atoms with van der Waals surface area (Å²) < 4.78 is 0. The maximum Gasteiger partial charge on any atom is -0.0203 e. The summed E-state index contributed by atoms with van der Waals surface area (Å²) >= 11 is 0. The molecule has 0 radical (unpaired) electrons. The third-order valence-electron chi connectivity index (χ3n) is 4.70. The molecule has 2 fully saturated rings. The summed E-state index contributed by atoms with van der Waals surface area (Å²) in [6.07, 6.45) is 8.84. The lowest BCUT2D eigenvalue weighted by Crippen LogP contribution is -2.19. The van der Waals surface area contributed by atoms with Crippen molar-refractivity contribution in [3.05, 3.63) is 12.2 Å². The Morgan fingerprint density at radius 3 is 2.50 bits per heavy atom. The molecule has 2 aliphatic rings. The number of rotatable bonds is 2. The molecule has 0 heteroatoms. The SMILES string of the molecule is C=C(C)C1CC2CCC(CC)CC2C1. The Morgan fingerprint density at radius 2 is 1.86 bits per heavy atom. The van der Waals surface area contributed by atoms with Gasteiger partial charge in [-0.1, -0.05) is 31.9 Å². The molecule has 0 heterocycles. The minimum atomic E-state index is 0.862. The maximum atomic E-state index is 4.13. The zero-order valence-corrected chi connectivity index (χ0v) is 9.76. The third-order valence-corrected chi connectivity index (χ3v) is 4.70. The summed E-state index contributed by atoms with van der Waals surface area (Å²) in [5, 5.41) is 0. The van der Waals surface area contributed by atoms with Crippen LogP contribution >= 0.6 is 0 Å². The van der Waals surface area contributed by atoms with Crippen molar-refractivity contribution in [2.75, 3.05) is 0 Å². The van der Waals surface area contributed by atoms with Gasteiger partial charge in [-0.3, -0.25) is 0 Å². The van der Waals surface area contributed by atoms with Crippen molar-refractivity contribution in [1.29, 1.82) is 0 Å². The van der Waals surface area contributed by atoms with Crippen LogP contribution in [0.2, 0.25) is 0 Å². The van der Waals surface area contributed by atoms with E-state index in [1.165, 1.54) is 44.1 Å². The summed E-state index contributed by atoms with van der Waals surface area (Å²) in [6.45, 7) is 8.71. The Morgan fingerprint density at radius 1 is 1.14 bits per heavy atom. The van der Waals surface area contributed by atoms with Gasteiger partial charge in [-0.25, -0.2) is 0 Å². The minimum absolute atomic E-state index is 0.862. The predicted octanol–water partition coefficient (Wildman–Crippen LogP) is 4.42. The highest BCUT2D eigenvalue weighted by Gasteiger charge is 2.38. The molecule has 0 saturated heterocycles. The second-order valence-corrected chi connectivity index (χ2v) is 5.62. The van der Waals surface area contributed by atoms with Crippen LogP contribution in [0, 0.1) is 23.7 Å². The molecular formula is C14H24. The van der Waals surface area contributed by atoms with Crippen LogP contribution < -0.4 is 0 Å². The van der Waals surface area contributed by atoms with Gasteiger partial charge in [-0.05, 0) is 56.3 Å². The summed E-state index contributed by atoms with van der Waals surface area (Å²) in [4.78, 5) is 0. The second kappa shape index (κ2) is 4.08. The summed E-state index contributed by atoms with van der Waals surface area (Å²) in [5.41, 5.74) is 1.44. The molecule has 0 aromatic heterocycles. The van der Waals surface area contributed by atoms with Gasteiger partial charge in [-0.2, -0.15) is 0 Å². The van der Waals surface area contributed by atoms with Gasteiger partial charge in [0.25, 0.3) is 0 Å². The Balaban J connectivity index is 1.95. The van der Waals surface area contributed by atoms with Crippen molar-refractivity contribution >= 4 is 0 Å². The Bertz CT molecular complexity index is 216. The van der Waals surface area contributed by atoms with Crippen LogP contribution in [-0.2, 0) is 0 Å². The first kappa shape index (κ1) is 10.3. The third kappa shape index (κ3) is 1.89. The molecule has 14 heavy (non-hydrogen) atoms. The lowest BCUT2D eigenvalue weighted by Gasteiger charge is -2.31. The second-order valence-electron chi connectivity index (χ2n) is 5.62. The van der Waals surface area contributed by atoms with Gasteiger partial charge in [0, 0.05) is 0 Å². The Labute approximate surface area is 88.8 Å². The van der Waals surface area contributed by atoms with E-state index < -0.39 is 0 Å². The van der Waals surface area contributed by atoms with Crippen molar-refractivity contribution in [2.24, 2.45) is 23.7 Å². The van der Waals surface area contributed by atoms with Gasteiger partial charge < -0.3 is 0 Å². The van der Waals surface area contributed by atoms with Crippen LogP contribution in [0.3, 0.4) is 0 Å². The monoisotopic (exact) mass is 192 g/mol. The molecule has 4 unspecified atom stereocenters. The fourth-order valence-electron chi connectivity index (χ4n) is 3.62. The molecule has 0 aromatic carbocycles. The number of hydrogen-bond acceptors (Lipinski definition) is 0. The normalized spacial score (nSPS) is 42.1. The molecule has 80 valence electrons. The average Bonchev–Trinajstić information content (AvgIpc) is 2.59. The minimum Gasteiger partial charge on any atom is -0.0999 e. The molecule has 2 saturated carbocycles. The molecule has 2 aliphatic carbocycles. The first-order valence-corrected chi connectivity index (χ1v) is 6.36. The van der Waals surface area contributed by atoms with E-state index in [-0.39, 0.29) is 0 Å². The molecule has 0 aliphatic heterocycles. The molecule has 0 bridgehead atoms. The lowest BCUT2D eigenvalue weighted by molar-refractivity contribution is 0.204. The van der Waals surface area contributed by atoms with Crippen LogP contribution in [0.4, 0.5) is 0 Å². The van der Waals surface area contributed by atoms with E-state index in [1.807, 2.05) is 0 Å². The van der Waals surface area contributed by atoms with Crippen LogP contribution in [0.5, 0.6) is 0 Å². The largest absolute Gasteiger partial charge is 0.0999 e. The Kier molecular flexibility index (Phi) is 2.99. The van der Waals surface area contributed by atoms with Gasteiger partial charge >= 0.3 is 0 Å². The van der Waals surface area contributed by atoms with Gasteiger partial charge in [0.15, 0.2) is 0 Å². The van der Waals surface area contributed by atoms with Gasteiger partial charge in [0.2, 0.25) is 0 Å². The molecule has 0 amide bonds. The molecule has 0 nitrogen and oxygen atoms in total. The predicted molar refractivity (Wildman–Crippen MR) is 62.2 cm³/mol. The number of hydrogen-bond donors (Lipinski definition) is 0. The smallest absolute Gasteiger partial charge is 0.0203 e. The zero-order chi connectivity index (χ0) is 10.1. The highest BCUT2D eigenvalue weighted by atomic mass is 14.4. The van der Waals surface area contributed by atoms with Crippen molar-refractivity contribution in [2.45, 2.75) is 52.4 Å². The van der Waals surface area contributed by atoms with Gasteiger partial charge in [0.05, 0.1) is 0 Å². The molecule has 0 spiro atoms. The molecule has 4 atom stereocenters. The van der Waals surface area contributed by atoms with Crippen molar-refractivity contribution in [3.63, 3.8) is 0 Å². The maximum absolute atomic E-state index is 4.13. The van der Waals surface area contributed by atoms with Crippen LogP contribution in [0.15, 0.2) is 12.2 Å². The van der Waals surface area contributed by atoms with E-state index in [2.05, 4.69) is 20.4 Å². The van der Waals surface area contributed by atoms with E-state index in [9.17, 15) is 0 Å². The number of allylic oxidation sites excluding steroid dienone is 1. The Hall–Kier alpha value is -0.260. The quantitative estimate of drug-likeness (QED) is 0.568. The summed E-state index contributed by atoms with van der Waals surface area (Å²) in [7, 11) is 0. The van der Waals surface area contributed by atoms with Crippen molar-refractivity contribution < 1.29 is 0 Å². The summed E-state index contributed by atoms with van der Waals surface area (Å²) in [5.74, 6) is 4.01. The average molecular weight is 192 g/mol. The van der Waals surface area contributed by atoms with Gasteiger partial charge in [-0.15, -0.1) is 0 Å². The van der Waals surface area contributed by atoms with Crippen molar-refractivity contribution in [1.82, 2.24) is 0 Å². The standard InChI is InChI=1S/C14H24/c1-4-11-5-6-12-8-13(10(2)3)9-14(12)7-11/h11-14H,2,4-9H2,1,3H3. The van der Waals surface area contributed by atoms with Crippen LogP contribution in [0.1, 0.15) is 52.4 Å². The molecule has 0 N–H and O–H groups in total. The highest BCUT2D eigenvalue weighted by molar-refractivity contribution is 5.03. The molecule has 0 aromatic rings. The van der Waals surface area contributed by atoms with E-state index >= 15 is 0 Å². The fourth-order valence-corrected chi connectivity index (χ4v) is 3.62. The fraction of sp³-hybridized carbons (Fsp3) is 0.857. The van der Waals surface area contributed by atoms with Crippen LogP contribution in [0.25, 0.3) is 0 Å². The first-order chi connectivity index (χ1) is 6.70. The zero-order valence-electron chi connectivity index (χ0n) is 9.76. The van der Waals surface area contributed by atoms with E-state index in [4.69, 9.17) is 0 Å². The van der Waals surface area contributed by atoms with E-state index in [1.54, 1.807) is 0 Å². The topological polar surface area (TPSA) is 0 Å². The van der Waals surface area contributed by atoms with Crippen LogP contribution in [-0.4, -0.2) is 0 Å². The highest BCUT2D eigenvalue weighted by Crippen LogP contribution is 2.49. The molecular weight excluding hydrogens is 168 g/mol. The first-order valence-electron chi connectivity index (χ1n) is 6.36. The number of fused-ring (bicyclic) bond motifs is 1. The van der Waals surface area contributed by atoms with E-state index in [0.29, 0.717) is 0 Å².